The summed E-state index contributed by atoms with van der Waals surface area (Å²) in [7, 11) is 0. The van der Waals surface area contributed by atoms with Crippen LogP contribution in [0.3, 0.4) is 0 Å². The van der Waals surface area contributed by atoms with Gasteiger partial charge in [-0.2, -0.15) is 5.10 Å². The lowest BCUT2D eigenvalue weighted by Crippen LogP contribution is -2.12. The number of carbonyl (C=O) groups excluding carboxylic acids is 1. The Balaban J connectivity index is 1.43. The highest BCUT2D eigenvalue weighted by Gasteiger charge is 2.18. The summed E-state index contributed by atoms with van der Waals surface area (Å²) >= 11 is 9.54. The van der Waals surface area contributed by atoms with Crippen molar-refractivity contribution in [3.05, 3.63) is 98.1 Å². The molecular formula is C25H23BrClN3O3. The summed E-state index contributed by atoms with van der Waals surface area (Å²) in [6.45, 7) is 6.68. The van der Waals surface area contributed by atoms with Crippen molar-refractivity contribution in [2.24, 2.45) is 0 Å². The molecule has 0 aliphatic heterocycles. The standard InChI is InChI=1S/C25H23BrClN3O3/c1-15-6-4-5-7-18(15)13-30-17(3)24(16(2)29-30)28-25(31)23-11-9-20(33-23)14-32-22-10-8-19(26)12-21(22)27/h4-12H,13-14H2,1-3H3,(H,28,31). The number of ether oxygens (including phenoxy) is 1. The van der Waals surface area contributed by atoms with Gasteiger partial charge in [-0.15, -0.1) is 0 Å². The largest absolute Gasteiger partial charge is 0.484 e. The first-order valence-corrected chi connectivity index (χ1v) is 11.6. The Bertz CT molecular complexity index is 1310. The summed E-state index contributed by atoms with van der Waals surface area (Å²) in [5, 5.41) is 8.03. The molecule has 0 aliphatic rings. The van der Waals surface area contributed by atoms with Gasteiger partial charge in [-0.25, -0.2) is 0 Å². The minimum Gasteiger partial charge on any atom is -0.484 e. The number of anilines is 1. The fraction of sp³-hybridized carbons (Fsp3) is 0.200. The third-order valence-corrected chi connectivity index (χ3v) is 6.14. The number of hydrogen-bond acceptors (Lipinski definition) is 4. The van der Waals surface area contributed by atoms with Crippen LogP contribution in [0.25, 0.3) is 0 Å². The van der Waals surface area contributed by atoms with Crippen LogP contribution in [0.2, 0.25) is 5.02 Å². The molecule has 1 amide bonds. The van der Waals surface area contributed by atoms with Crippen molar-refractivity contribution >= 4 is 39.1 Å². The second-order valence-corrected chi connectivity index (χ2v) is 9.04. The van der Waals surface area contributed by atoms with Gasteiger partial charge in [-0.1, -0.05) is 51.8 Å². The molecular weight excluding hydrogens is 506 g/mol. The van der Waals surface area contributed by atoms with Crippen LogP contribution in [0.4, 0.5) is 5.69 Å². The monoisotopic (exact) mass is 527 g/mol. The molecule has 170 valence electrons. The molecule has 4 aromatic rings. The predicted molar refractivity (Wildman–Crippen MR) is 132 cm³/mol. The average Bonchev–Trinajstić information content (AvgIpc) is 3.35. The van der Waals surface area contributed by atoms with Crippen LogP contribution in [-0.4, -0.2) is 15.7 Å². The summed E-state index contributed by atoms with van der Waals surface area (Å²) in [6.07, 6.45) is 0. The van der Waals surface area contributed by atoms with E-state index in [0.29, 0.717) is 28.8 Å². The lowest BCUT2D eigenvalue weighted by Gasteiger charge is -2.08. The highest BCUT2D eigenvalue weighted by molar-refractivity contribution is 9.10. The quantitative estimate of drug-likeness (QED) is 0.290. The first-order valence-electron chi connectivity index (χ1n) is 10.4. The number of hydrogen-bond donors (Lipinski definition) is 1. The third-order valence-electron chi connectivity index (χ3n) is 5.35. The summed E-state index contributed by atoms with van der Waals surface area (Å²) in [6, 6.07) is 16.9. The van der Waals surface area contributed by atoms with E-state index in [4.69, 9.17) is 20.8 Å². The number of halogens is 2. The Kier molecular flexibility index (Phi) is 6.91. The van der Waals surface area contributed by atoms with E-state index in [0.717, 1.165) is 15.9 Å². The number of aryl methyl sites for hydroxylation is 2. The lowest BCUT2D eigenvalue weighted by atomic mass is 10.1. The second-order valence-electron chi connectivity index (χ2n) is 7.71. The minimum atomic E-state index is -0.343. The molecule has 6 nitrogen and oxygen atoms in total. The molecule has 2 heterocycles. The number of amides is 1. The molecule has 4 rings (SSSR count). The summed E-state index contributed by atoms with van der Waals surface area (Å²) in [5.41, 5.74) is 4.69. The SMILES string of the molecule is Cc1ccccc1Cn1nc(C)c(NC(=O)c2ccc(COc3ccc(Br)cc3Cl)o2)c1C. The molecule has 33 heavy (non-hydrogen) atoms. The highest BCUT2D eigenvalue weighted by Crippen LogP contribution is 2.29. The van der Waals surface area contributed by atoms with E-state index in [2.05, 4.69) is 45.4 Å². The molecule has 2 aromatic carbocycles. The van der Waals surface area contributed by atoms with E-state index in [1.165, 1.54) is 11.1 Å². The Labute approximate surface area is 205 Å². The van der Waals surface area contributed by atoms with Crippen molar-refractivity contribution in [1.29, 1.82) is 0 Å². The summed E-state index contributed by atoms with van der Waals surface area (Å²) < 4.78 is 14.2. The van der Waals surface area contributed by atoms with Gasteiger partial charge >= 0.3 is 0 Å². The molecule has 1 N–H and O–H groups in total. The summed E-state index contributed by atoms with van der Waals surface area (Å²) in [4.78, 5) is 12.8. The highest BCUT2D eigenvalue weighted by atomic mass is 79.9. The molecule has 0 radical (unpaired) electrons. The van der Waals surface area contributed by atoms with Gasteiger partial charge in [0.2, 0.25) is 0 Å². The molecule has 0 spiro atoms. The van der Waals surface area contributed by atoms with Gasteiger partial charge in [-0.3, -0.25) is 9.48 Å². The molecule has 0 unspecified atom stereocenters. The molecule has 2 aromatic heterocycles. The second kappa shape index (κ2) is 9.85. The molecule has 0 fully saturated rings. The van der Waals surface area contributed by atoms with Crippen LogP contribution in [0.1, 0.15) is 38.8 Å². The average molecular weight is 529 g/mol. The van der Waals surface area contributed by atoms with Gasteiger partial charge < -0.3 is 14.5 Å². The van der Waals surface area contributed by atoms with Gasteiger partial charge in [0, 0.05) is 4.47 Å². The van der Waals surface area contributed by atoms with Crippen LogP contribution < -0.4 is 10.1 Å². The van der Waals surface area contributed by atoms with E-state index in [9.17, 15) is 4.79 Å². The molecule has 0 atom stereocenters. The van der Waals surface area contributed by atoms with Crippen molar-refractivity contribution < 1.29 is 13.9 Å². The molecule has 0 saturated carbocycles. The number of furan rings is 1. The maximum absolute atomic E-state index is 12.8. The Hall–Kier alpha value is -3.03. The number of benzene rings is 2. The number of aromatic nitrogens is 2. The normalized spacial score (nSPS) is 10.9. The molecule has 0 bridgehead atoms. The smallest absolute Gasteiger partial charge is 0.291 e. The number of carbonyl (C=O) groups is 1. The van der Waals surface area contributed by atoms with Gasteiger partial charge in [0.05, 0.1) is 28.6 Å². The zero-order valence-corrected chi connectivity index (χ0v) is 20.8. The van der Waals surface area contributed by atoms with Crippen LogP contribution >= 0.6 is 27.5 Å². The topological polar surface area (TPSA) is 69.3 Å². The Morgan fingerprint density at radius 1 is 1.15 bits per heavy atom. The Morgan fingerprint density at radius 3 is 2.70 bits per heavy atom. The molecule has 0 aliphatic carbocycles. The van der Waals surface area contributed by atoms with Crippen LogP contribution in [0, 0.1) is 20.8 Å². The first-order chi connectivity index (χ1) is 15.8. The zero-order valence-electron chi connectivity index (χ0n) is 18.5. The number of nitrogens with zero attached hydrogens (tertiary/aromatic N) is 2. The predicted octanol–water partition coefficient (Wildman–Crippen LogP) is 6.70. The first kappa shape index (κ1) is 23.1. The lowest BCUT2D eigenvalue weighted by molar-refractivity contribution is 0.0992. The van der Waals surface area contributed by atoms with Crippen molar-refractivity contribution in [2.45, 2.75) is 33.9 Å². The van der Waals surface area contributed by atoms with Crippen molar-refractivity contribution in [1.82, 2.24) is 9.78 Å². The van der Waals surface area contributed by atoms with Gasteiger partial charge in [0.15, 0.2) is 5.76 Å². The van der Waals surface area contributed by atoms with E-state index < -0.39 is 0 Å². The fourth-order valence-corrected chi connectivity index (χ4v) is 4.20. The van der Waals surface area contributed by atoms with E-state index >= 15 is 0 Å². The van der Waals surface area contributed by atoms with Crippen molar-refractivity contribution in [3.63, 3.8) is 0 Å². The van der Waals surface area contributed by atoms with Crippen LogP contribution in [-0.2, 0) is 13.2 Å². The summed E-state index contributed by atoms with van der Waals surface area (Å²) in [5.74, 6) is 0.905. The van der Waals surface area contributed by atoms with Gasteiger partial charge in [-0.05, 0) is 62.2 Å². The molecule has 8 heteroatoms. The van der Waals surface area contributed by atoms with Crippen molar-refractivity contribution in [2.75, 3.05) is 5.32 Å². The number of nitrogens with one attached hydrogen (secondary N) is 1. The van der Waals surface area contributed by atoms with E-state index in [1.54, 1.807) is 24.3 Å². The molecule has 0 saturated heterocycles. The van der Waals surface area contributed by atoms with Gasteiger partial charge in [0.1, 0.15) is 18.1 Å². The number of rotatable bonds is 7. The Morgan fingerprint density at radius 2 is 1.94 bits per heavy atom. The fourth-order valence-electron chi connectivity index (χ4n) is 3.47. The van der Waals surface area contributed by atoms with Crippen LogP contribution in [0.5, 0.6) is 5.75 Å². The maximum Gasteiger partial charge on any atom is 0.291 e. The van der Waals surface area contributed by atoms with E-state index in [1.807, 2.05) is 36.7 Å². The minimum absolute atomic E-state index is 0.154. The van der Waals surface area contributed by atoms with E-state index in [-0.39, 0.29) is 18.3 Å². The van der Waals surface area contributed by atoms with Gasteiger partial charge in [0.25, 0.3) is 5.91 Å². The zero-order chi connectivity index (χ0) is 23.5. The third kappa shape index (κ3) is 5.31. The van der Waals surface area contributed by atoms with Crippen molar-refractivity contribution in [3.8, 4) is 5.75 Å². The maximum atomic E-state index is 12.8. The van der Waals surface area contributed by atoms with Crippen LogP contribution in [0.15, 0.2) is 63.5 Å².